The molecule has 0 aliphatic rings. The Hall–Kier alpha value is -1.98. The summed E-state index contributed by atoms with van der Waals surface area (Å²) < 4.78 is 10.7. The fourth-order valence-electron chi connectivity index (χ4n) is 2.02. The van der Waals surface area contributed by atoms with E-state index in [1.807, 2.05) is 44.2 Å². The predicted molar refractivity (Wildman–Crippen MR) is 100 cm³/mol. The highest BCUT2D eigenvalue weighted by molar-refractivity contribution is 7.80. The topological polar surface area (TPSA) is 42.5 Å². The molecule has 0 atom stereocenters. The van der Waals surface area contributed by atoms with Crippen molar-refractivity contribution in [3.8, 4) is 11.5 Å². The van der Waals surface area contributed by atoms with Gasteiger partial charge in [-0.1, -0.05) is 11.6 Å². The van der Waals surface area contributed by atoms with Gasteiger partial charge in [0.25, 0.3) is 0 Å². The minimum absolute atomic E-state index is 0.467. The fraction of sp³-hybridized carbons (Fsp3) is 0.235. The van der Waals surface area contributed by atoms with Gasteiger partial charge in [-0.2, -0.15) is 0 Å². The quantitative estimate of drug-likeness (QED) is 0.753. The molecule has 23 heavy (non-hydrogen) atoms. The number of methoxy groups -OCH3 is 1. The first-order valence-corrected chi connectivity index (χ1v) is 7.97. The molecule has 0 aliphatic heterocycles. The molecule has 2 aromatic rings. The van der Waals surface area contributed by atoms with E-state index in [2.05, 4.69) is 10.6 Å². The lowest BCUT2D eigenvalue weighted by Gasteiger charge is -2.15. The number of hydrogen-bond donors (Lipinski definition) is 2. The summed E-state index contributed by atoms with van der Waals surface area (Å²) in [6.07, 6.45) is 0. The maximum atomic E-state index is 6.10. The van der Waals surface area contributed by atoms with Crippen LogP contribution in [0, 0.1) is 6.92 Å². The number of aryl methyl sites for hydroxylation is 1. The van der Waals surface area contributed by atoms with E-state index in [0.717, 1.165) is 22.7 Å². The summed E-state index contributed by atoms with van der Waals surface area (Å²) >= 11 is 11.4. The molecule has 4 nitrogen and oxygen atoms in total. The molecule has 6 heteroatoms. The van der Waals surface area contributed by atoms with Gasteiger partial charge in [-0.05, 0) is 62.0 Å². The minimum Gasteiger partial charge on any atom is -0.495 e. The fourth-order valence-corrected chi connectivity index (χ4v) is 2.40. The summed E-state index contributed by atoms with van der Waals surface area (Å²) in [7, 11) is 1.59. The Kier molecular flexibility index (Phi) is 6.07. The number of rotatable bonds is 5. The zero-order valence-corrected chi connectivity index (χ0v) is 14.8. The molecule has 2 aromatic carbocycles. The monoisotopic (exact) mass is 350 g/mol. The second kappa shape index (κ2) is 8.04. The van der Waals surface area contributed by atoms with Crippen molar-refractivity contribution in [3.63, 3.8) is 0 Å². The number of thiocarbonyl (C=S) groups is 1. The van der Waals surface area contributed by atoms with Crippen molar-refractivity contribution in [1.29, 1.82) is 0 Å². The molecule has 0 saturated heterocycles. The molecule has 0 amide bonds. The van der Waals surface area contributed by atoms with Crippen LogP contribution in [-0.2, 0) is 0 Å². The molecule has 0 spiro atoms. The van der Waals surface area contributed by atoms with Crippen molar-refractivity contribution in [2.45, 2.75) is 13.8 Å². The van der Waals surface area contributed by atoms with Crippen LogP contribution in [0.15, 0.2) is 36.4 Å². The summed E-state index contributed by atoms with van der Waals surface area (Å²) in [5, 5.41) is 7.36. The van der Waals surface area contributed by atoms with Gasteiger partial charge in [-0.25, -0.2) is 0 Å². The van der Waals surface area contributed by atoms with Crippen LogP contribution >= 0.6 is 23.8 Å². The Balaban J connectivity index is 2.06. The first kappa shape index (κ1) is 17.4. The summed E-state index contributed by atoms with van der Waals surface area (Å²) in [6, 6.07) is 11.3. The number of nitrogens with one attached hydrogen (secondary N) is 2. The van der Waals surface area contributed by atoms with Gasteiger partial charge in [0, 0.05) is 16.8 Å². The second-order valence-corrected chi connectivity index (χ2v) is 5.65. The highest BCUT2D eigenvalue weighted by atomic mass is 35.5. The van der Waals surface area contributed by atoms with Crippen LogP contribution in [0.2, 0.25) is 5.02 Å². The maximum absolute atomic E-state index is 6.10. The van der Waals surface area contributed by atoms with Crippen LogP contribution in [0.4, 0.5) is 11.4 Å². The maximum Gasteiger partial charge on any atom is 0.175 e. The average Bonchev–Trinajstić information content (AvgIpc) is 2.53. The molecule has 2 N–H and O–H groups in total. The van der Waals surface area contributed by atoms with E-state index < -0.39 is 0 Å². The van der Waals surface area contributed by atoms with Crippen molar-refractivity contribution >= 4 is 40.3 Å². The van der Waals surface area contributed by atoms with Gasteiger partial charge in [0.05, 0.1) is 19.4 Å². The summed E-state index contributed by atoms with van der Waals surface area (Å²) in [4.78, 5) is 0. The SMILES string of the molecule is CCOc1ccc(NC(=S)Nc2cc(C)c(Cl)cc2OC)cc1. The van der Waals surface area contributed by atoms with Crippen LogP contribution in [-0.4, -0.2) is 18.8 Å². The molecule has 0 fully saturated rings. The number of anilines is 2. The van der Waals surface area contributed by atoms with Crippen LogP contribution < -0.4 is 20.1 Å². The summed E-state index contributed by atoms with van der Waals surface area (Å²) in [5.41, 5.74) is 2.58. The van der Waals surface area contributed by atoms with Crippen LogP contribution in [0.25, 0.3) is 0 Å². The van der Waals surface area contributed by atoms with Crippen molar-refractivity contribution in [1.82, 2.24) is 0 Å². The van der Waals surface area contributed by atoms with Gasteiger partial charge in [-0.15, -0.1) is 0 Å². The van der Waals surface area contributed by atoms with Crippen LogP contribution in [0.1, 0.15) is 12.5 Å². The third-order valence-electron chi connectivity index (χ3n) is 3.15. The number of hydrogen-bond acceptors (Lipinski definition) is 3. The van der Waals surface area contributed by atoms with Crippen LogP contribution in [0.5, 0.6) is 11.5 Å². The second-order valence-electron chi connectivity index (χ2n) is 4.84. The van der Waals surface area contributed by atoms with Gasteiger partial charge in [-0.3, -0.25) is 0 Å². The van der Waals surface area contributed by atoms with Crippen molar-refractivity contribution in [2.24, 2.45) is 0 Å². The van der Waals surface area contributed by atoms with Gasteiger partial charge < -0.3 is 20.1 Å². The van der Waals surface area contributed by atoms with Gasteiger partial charge in [0.2, 0.25) is 0 Å². The lowest BCUT2D eigenvalue weighted by atomic mass is 10.2. The number of benzene rings is 2. The molecule has 122 valence electrons. The molecule has 2 rings (SSSR count). The molecule has 0 saturated carbocycles. The number of ether oxygens (including phenoxy) is 2. The Bertz CT molecular complexity index is 690. The molecule has 0 heterocycles. The van der Waals surface area contributed by atoms with Gasteiger partial charge in [0.1, 0.15) is 11.5 Å². The molecule has 0 aliphatic carbocycles. The third-order valence-corrected chi connectivity index (χ3v) is 3.76. The Labute approximate surface area is 146 Å². The largest absolute Gasteiger partial charge is 0.495 e. The number of halogens is 1. The van der Waals surface area contributed by atoms with E-state index in [4.69, 9.17) is 33.3 Å². The zero-order valence-electron chi connectivity index (χ0n) is 13.3. The van der Waals surface area contributed by atoms with E-state index in [1.165, 1.54) is 0 Å². The average molecular weight is 351 g/mol. The highest BCUT2D eigenvalue weighted by Crippen LogP contribution is 2.31. The highest BCUT2D eigenvalue weighted by Gasteiger charge is 2.08. The molecule has 0 bridgehead atoms. The van der Waals surface area contributed by atoms with Crippen molar-refractivity contribution < 1.29 is 9.47 Å². The summed E-state index contributed by atoms with van der Waals surface area (Å²) in [6.45, 7) is 4.52. The first-order valence-electron chi connectivity index (χ1n) is 7.18. The smallest absolute Gasteiger partial charge is 0.175 e. The molecule has 0 radical (unpaired) electrons. The summed E-state index contributed by atoms with van der Waals surface area (Å²) in [5.74, 6) is 1.46. The Morgan fingerprint density at radius 1 is 1.17 bits per heavy atom. The van der Waals surface area contributed by atoms with E-state index >= 15 is 0 Å². The van der Waals surface area contributed by atoms with Crippen LogP contribution in [0.3, 0.4) is 0 Å². The van der Waals surface area contributed by atoms with E-state index in [0.29, 0.717) is 22.5 Å². The molecule has 0 aromatic heterocycles. The lowest BCUT2D eigenvalue weighted by Crippen LogP contribution is -2.19. The molecular formula is C17H19ClN2O2S. The van der Waals surface area contributed by atoms with E-state index in [-0.39, 0.29) is 0 Å². The first-order chi connectivity index (χ1) is 11.0. The van der Waals surface area contributed by atoms with Gasteiger partial charge in [0.15, 0.2) is 5.11 Å². The molecule has 0 unspecified atom stereocenters. The molecular weight excluding hydrogens is 332 g/mol. The van der Waals surface area contributed by atoms with E-state index in [1.54, 1.807) is 13.2 Å². The van der Waals surface area contributed by atoms with Gasteiger partial charge >= 0.3 is 0 Å². The Morgan fingerprint density at radius 2 is 1.87 bits per heavy atom. The lowest BCUT2D eigenvalue weighted by molar-refractivity contribution is 0.340. The minimum atomic E-state index is 0.467. The third kappa shape index (κ3) is 4.74. The van der Waals surface area contributed by atoms with E-state index in [9.17, 15) is 0 Å². The van der Waals surface area contributed by atoms with Crippen molar-refractivity contribution in [3.05, 3.63) is 47.0 Å². The predicted octanol–water partition coefficient (Wildman–Crippen LogP) is 4.86. The van der Waals surface area contributed by atoms with Crippen molar-refractivity contribution in [2.75, 3.05) is 24.4 Å². The normalized spacial score (nSPS) is 10.1. The Morgan fingerprint density at radius 3 is 2.48 bits per heavy atom. The standard InChI is InChI=1S/C17H19ClN2O2S/c1-4-22-13-7-5-12(6-8-13)19-17(23)20-15-9-11(2)14(18)10-16(15)21-3/h5-10H,4H2,1-3H3,(H2,19,20,23). The zero-order chi connectivity index (χ0) is 16.8.